The molecule has 2 aliphatic rings. The van der Waals surface area contributed by atoms with Gasteiger partial charge in [-0.05, 0) is 43.4 Å². The molecule has 1 saturated heterocycles. The van der Waals surface area contributed by atoms with Crippen molar-refractivity contribution in [3.63, 3.8) is 0 Å². The van der Waals surface area contributed by atoms with E-state index in [9.17, 15) is 4.79 Å². The van der Waals surface area contributed by atoms with Gasteiger partial charge >= 0.3 is 0 Å². The molecular weight excluding hydrogens is 320 g/mol. The van der Waals surface area contributed by atoms with E-state index in [1.54, 1.807) is 30.6 Å². The lowest BCUT2D eigenvalue weighted by Gasteiger charge is -2.33. The number of likely N-dealkylation sites (tertiary alicyclic amines) is 1. The lowest BCUT2D eigenvalue weighted by Crippen LogP contribution is -2.40. The lowest BCUT2D eigenvalue weighted by molar-refractivity contribution is 0.0672. The van der Waals surface area contributed by atoms with Crippen LogP contribution in [0.1, 0.15) is 28.9 Å². The normalized spacial score (nSPS) is 19.0. The number of nitrogens with two attached hydrogens (primary N) is 1. The van der Waals surface area contributed by atoms with Crippen LogP contribution >= 0.6 is 0 Å². The summed E-state index contributed by atoms with van der Waals surface area (Å²) in [6, 6.07) is 5.34. The molecule has 2 aliphatic heterocycles. The number of hydrogen-bond donors (Lipinski definition) is 1. The summed E-state index contributed by atoms with van der Waals surface area (Å²) in [6.07, 6.45) is 6.02. The number of nitrogens with zero attached hydrogens (tertiary/aromatic N) is 3. The monoisotopic (exact) mass is 340 g/mol. The first-order chi connectivity index (χ1) is 12.2. The van der Waals surface area contributed by atoms with Crippen molar-refractivity contribution in [2.45, 2.75) is 19.3 Å². The first-order valence-electron chi connectivity index (χ1n) is 8.45. The number of hydrogen-bond acceptors (Lipinski definition) is 6. The predicted octanol–water partition coefficient (Wildman–Crippen LogP) is 1.88. The van der Waals surface area contributed by atoms with Crippen molar-refractivity contribution in [1.82, 2.24) is 14.9 Å². The number of rotatable bonds is 3. The minimum Gasteiger partial charge on any atom is -0.454 e. The second-order valence-electron chi connectivity index (χ2n) is 6.42. The molecule has 1 unspecified atom stereocenters. The number of piperidine rings is 1. The van der Waals surface area contributed by atoms with Crippen LogP contribution in [0.5, 0.6) is 11.5 Å². The third kappa shape index (κ3) is 3.22. The van der Waals surface area contributed by atoms with Crippen molar-refractivity contribution in [1.29, 1.82) is 0 Å². The molecule has 1 amide bonds. The van der Waals surface area contributed by atoms with Crippen LogP contribution in [0.4, 0.5) is 5.82 Å². The van der Waals surface area contributed by atoms with Crippen molar-refractivity contribution >= 4 is 11.7 Å². The molecule has 4 rings (SSSR count). The number of amides is 1. The Hall–Kier alpha value is -2.83. The zero-order chi connectivity index (χ0) is 17.2. The van der Waals surface area contributed by atoms with E-state index in [0.29, 0.717) is 35.3 Å². The Bertz CT molecular complexity index is 796. The summed E-state index contributed by atoms with van der Waals surface area (Å²) in [4.78, 5) is 23.1. The zero-order valence-electron chi connectivity index (χ0n) is 13.9. The van der Waals surface area contributed by atoms with Crippen LogP contribution in [0, 0.1) is 5.92 Å². The molecule has 3 heterocycles. The van der Waals surface area contributed by atoms with E-state index in [-0.39, 0.29) is 12.7 Å². The summed E-state index contributed by atoms with van der Waals surface area (Å²) in [5.41, 5.74) is 7.33. The number of anilines is 1. The summed E-state index contributed by atoms with van der Waals surface area (Å²) in [5.74, 6) is 2.15. The standard InChI is InChI=1S/C18H20N4O3/c19-17-14(20-5-6-21-17)8-12-2-1-7-22(10-12)18(23)13-3-4-15-16(9-13)25-11-24-15/h3-6,9,12H,1-2,7-8,10-11H2,(H2,19,21). The molecule has 1 aromatic heterocycles. The van der Waals surface area contributed by atoms with Gasteiger partial charge in [0.15, 0.2) is 11.5 Å². The Kier molecular flexibility index (Phi) is 4.13. The van der Waals surface area contributed by atoms with E-state index in [1.165, 1.54) is 0 Å². The topological polar surface area (TPSA) is 90.6 Å². The molecule has 1 atom stereocenters. The van der Waals surface area contributed by atoms with Gasteiger partial charge in [-0.3, -0.25) is 9.78 Å². The van der Waals surface area contributed by atoms with Gasteiger partial charge in [0.25, 0.3) is 5.91 Å². The van der Waals surface area contributed by atoms with Crippen LogP contribution in [-0.2, 0) is 6.42 Å². The van der Waals surface area contributed by atoms with Gasteiger partial charge in [-0.1, -0.05) is 0 Å². The average molecular weight is 340 g/mol. The van der Waals surface area contributed by atoms with E-state index in [0.717, 1.165) is 31.5 Å². The van der Waals surface area contributed by atoms with Gasteiger partial charge in [-0.2, -0.15) is 0 Å². The average Bonchev–Trinajstić information content (AvgIpc) is 3.11. The molecule has 0 bridgehead atoms. The Balaban J connectivity index is 1.45. The smallest absolute Gasteiger partial charge is 0.254 e. The van der Waals surface area contributed by atoms with E-state index in [4.69, 9.17) is 15.2 Å². The largest absolute Gasteiger partial charge is 0.454 e. The maximum atomic E-state index is 12.8. The second-order valence-corrected chi connectivity index (χ2v) is 6.42. The zero-order valence-corrected chi connectivity index (χ0v) is 13.9. The summed E-state index contributed by atoms with van der Waals surface area (Å²) in [5, 5.41) is 0. The van der Waals surface area contributed by atoms with Gasteiger partial charge in [-0.15, -0.1) is 0 Å². The summed E-state index contributed by atoms with van der Waals surface area (Å²) < 4.78 is 10.7. The highest BCUT2D eigenvalue weighted by atomic mass is 16.7. The number of ether oxygens (including phenoxy) is 2. The second kappa shape index (κ2) is 6.58. The Morgan fingerprint density at radius 2 is 2.08 bits per heavy atom. The Labute approximate surface area is 145 Å². The first-order valence-corrected chi connectivity index (χ1v) is 8.45. The fraction of sp³-hybridized carbons (Fsp3) is 0.389. The number of carbonyl (C=O) groups is 1. The molecule has 2 N–H and O–H groups in total. The third-order valence-corrected chi connectivity index (χ3v) is 4.71. The van der Waals surface area contributed by atoms with Crippen LogP contribution in [0.3, 0.4) is 0 Å². The van der Waals surface area contributed by atoms with Crippen LogP contribution in [0.15, 0.2) is 30.6 Å². The molecule has 0 saturated carbocycles. The fourth-order valence-electron chi connectivity index (χ4n) is 3.44. The van der Waals surface area contributed by atoms with E-state index < -0.39 is 0 Å². The molecule has 25 heavy (non-hydrogen) atoms. The molecule has 130 valence electrons. The van der Waals surface area contributed by atoms with E-state index in [2.05, 4.69) is 9.97 Å². The number of benzene rings is 1. The fourth-order valence-corrected chi connectivity index (χ4v) is 3.44. The highest BCUT2D eigenvalue weighted by molar-refractivity contribution is 5.95. The number of aromatic nitrogens is 2. The Morgan fingerprint density at radius 1 is 1.24 bits per heavy atom. The summed E-state index contributed by atoms with van der Waals surface area (Å²) in [6.45, 7) is 1.67. The first kappa shape index (κ1) is 15.7. The van der Waals surface area contributed by atoms with Crippen molar-refractivity contribution < 1.29 is 14.3 Å². The summed E-state index contributed by atoms with van der Waals surface area (Å²) >= 11 is 0. The van der Waals surface area contributed by atoms with Crippen molar-refractivity contribution in [2.24, 2.45) is 5.92 Å². The molecule has 1 aromatic carbocycles. The maximum absolute atomic E-state index is 12.8. The van der Waals surface area contributed by atoms with Crippen molar-refractivity contribution in [3.8, 4) is 11.5 Å². The number of nitrogen functional groups attached to an aromatic ring is 1. The lowest BCUT2D eigenvalue weighted by atomic mass is 9.92. The molecule has 0 radical (unpaired) electrons. The van der Waals surface area contributed by atoms with Gasteiger partial charge in [-0.25, -0.2) is 4.98 Å². The Morgan fingerprint density at radius 3 is 2.96 bits per heavy atom. The van der Waals surface area contributed by atoms with E-state index in [1.807, 2.05) is 4.90 Å². The van der Waals surface area contributed by atoms with Crippen LogP contribution in [0.25, 0.3) is 0 Å². The molecular formula is C18H20N4O3. The van der Waals surface area contributed by atoms with Crippen LogP contribution in [0.2, 0.25) is 0 Å². The summed E-state index contributed by atoms with van der Waals surface area (Å²) in [7, 11) is 0. The number of fused-ring (bicyclic) bond motifs is 1. The maximum Gasteiger partial charge on any atom is 0.254 e. The SMILES string of the molecule is Nc1nccnc1CC1CCCN(C(=O)c2ccc3c(c2)OCO3)C1. The molecule has 7 nitrogen and oxygen atoms in total. The highest BCUT2D eigenvalue weighted by Gasteiger charge is 2.26. The molecule has 0 spiro atoms. The van der Waals surface area contributed by atoms with Gasteiger partial charge < -0.3 is 20.1 Å². The minimum absolute atomic E-state index is 0.0233. The van der Waals surface area contributed by atoms with Gasteiger partial charge in [0, 0.05) is 31.0 Å². The van der Waals surface area contributed by atoms with E-state index >= 15 is 0 Å². The minimum atomic E-state index is 0.0233. The van der Waals surface area contributed by atoms with Crippen molar-refractivity contribution in [3.05, 3.63) is 41.9 Å². The molecule has 1 fully saturated rings. The van der Waals surface area contributed by atoms with Gasteiger partial charge in [0.1, 0.15) is 5.82 Å². The molecule has 0 aliphatic carbocycles. The van der Waals surface area contributed by atoms with Crippen LogP contribution < -0.4 is 15.2 Å². The molecule has 2 aromatic rings. The highest BCUT2D eigenvalue weighted by Crippen LogP contribution is 2.33. The van der Waals surface area contributed by atoms with Crippen molar-refractivity contribution in [2.75, 3.05) is 25.6 Å². The number of carbonyl (C=O) groups excluding carboxylic acids is 1. The molecule has 7 heteroatoms. The third-order valence-electron chi connectivity index (χ3n) is 4.71. The van der Waals surface area contributed by atoms with Crippen LogP contribution in [-0.4, -0.2) is 40.7 Å². The van der Waals surface area contributed by atoms with Gasteiger partial charge in [0.05, 0.1) is 5.69 Å². The van der Waals surface area contributed by atoms with Gasteiger partial charge in [0.2, 0.25) is 6.79 Å². The predicted molar refractivity (Wildman–Crippen MR) is 91.3 cm³/mol. The quantitative estimate of drug-likeness (QED) is 0.917.